The molecule has 1 unspecified atom stereocenters. The summed E-state index contributed by atoms with van der Waals surface area (Å²) in [5.74, 6) is -0.808. The Labute approximate surface area is 121 Å². The second-order valence-electron chi connectivity index (χ2n) is 4.46. The van der Waals surface area contributed by atoms with Crippen LogP contribution in [-0.4, -0.2) is 11.5 Å². The van der Waals surface area contributed by atoms with Crippen molar-refractivity contribution in [2.75, 3.05) is 6.54 Å². The van der Waals surface area contributed by atoms with Crippen molar-refractivity contribution in [3.05, 3.63) is 64.4 Å². The summed E-state index contributed by atoms with van der Waals surface area (Å²) in [4.78, 5) is 3.75. The normalized spacial score (nSPS) is 12.4. The first-order valence-corrected chi connectivity index (χ1v) is 6.76. The summed E-state index contributed by atoms with van der Waals surface area (Å²) in [6.07, 6.45) is 3.27. The maximum Gasteiger partial charge on any atom is 0.146 e. The molecule has 1 aromatic carbocycles. The van der Waals surface area contributed by atoms with E-state index in [1.165, 1.54) is 12.3 Å². The highest BCUT2D eigenvalue weighted by atomic mass is 35.5. The second kappa shape index (κ2) is 6.77. The molecule has 1 N–H and O–H groups in total. The van der Waals surface area contributed by atoms with E-state index >= 15 is 0 Å². The van der Waals surface area contributed by atoms with Gasteiger partial charge in [0.1, 0.15) is 11.6 Å². The lowest BCUT2D eigenvalue weighted by atomic mass is 9.99. The minimum absolute atomic E-state index is 0.0768. The molecular weight excluding hydrogens is 282 g/mol. The average molecular weight is 297 g/mol. The van der Waals surface area contributed by atoms with E-state index in [2.05, 4.69) is 10.3 Å². The summed E-state index contributed by atoms with van der Waals surface area (Å²) >= 11 is 5.77. The summed E-state index contributed by atoms with van der Waals surface area (Å²) in [6, 6.07) is 5.99. The first-order chi connectivity index (χ1) is 9.61. The van der Waals surface area contributed by atoms with Gasteiger partial charge in [0.25, 0.3) is 0 Å². The van der Waals surface area contributed by atoms with Gasteiger partial charge in [-0.25, -0.2) is 8.78 Å². The summed E-state index contributed by atoms with van der Waals surface area (Å²) in [5, 5.41) is 3.29. The molecule has 0 amide bonds. The molecule has 106 valence electrons. The van der Waals surface area contributed by atoms with Gasteiger partial charge in [-0.15, -0.1) is 0 Å². The molecule has 0 fully saturated rings. The minimum Gasteiger partial charge on any atom is -0.310 e. The minimum atomic E-state index is -0.453. The highest BCUT2D eigenvalue weighted by Crippen LogP contribution is 2.23. The molecule has 1 atom stereocenters. The molecule has 0 aliphatic rings. The van der Waals surface area contributed by atoms with Gasteiger partial charge in [0, 0.05) is 17.8 Å². The fourth-order valence-corrected chi connectivity index (χ4v) is 2.31. The number of hydrogen-bond donors (Lipinski definition) is 1. The van der Waals surface area contributed by atoms with Crippen LogP contribution in [0.25, 0.3) is 0 Å². The number of aromatic nitrogens is 1. The van der Waals surface area contributed by atoms with Crippen molar-refractivity contribution in [2.45, 2.75) is 19.4 Å². The van der Waals surface area contributed by atoms with Crippen LogP contribution >= 0.6 is 11.6 Å². The van der Waals surface area contributed by atoms with Crippen LogP contribution in [0.2, 0.25) is 5.02 Å². The molecule has 0 saturated carbocycles. The van der Waals surface area contributed by atoms with E-state index in [1.807, 2.05) is 6.92 Å². The van der Waals surface area contributed by atoms with E-state index in [4.69, 9.17) is 11.6 Å². The predicted octanol–water partition coefficient (Wildman–Crippen LogP) is 3.91. The standard InChI is InChI=1S/C15H15ClF2N2/c1-2-20-15(11-5-6-19-9-14(11)18)8-10-3-4-13(17)12(16)7-10/h3-7,9,15,20H,2,8H2,1H3. The molecule has 1 heterocycles. The van der Waals surface area contributed by atoms with Crippen LogP contribution in [0.5, 0.6) is 0 Å². The van der Waals surface area contributed by atoms with Crippen LogP contribution in [0, 0.1) is 11.6 Å². The number of halogens is 3. The smallest absolute Gasteiger partial charge is 0.146 e. The highest BCUT2D eigenvalue weighted by molar-refractivity contribution is 6.30. The van der Waals surface area contributed by atoms with Gasteiger partial charge in [-0.3, -0.25) is 4.98 Å². The Hall–Kier alpha value is -1.52. The Kier molecular flexibility index (Phi) is 5.04. The van der Waals surface area contributed by atoms with Gasteiger partial charge < -0.3 is 5.32 Å². The van der Waals surface area contributed by atoms with E-state index in [1.54, 1.807) is 24.4 Å². The quantitative estimate of drug-likeness (QED) is 0.905. The Bertz CT molecular complexity index is 590. The molecule has 0 bridgehead atoms. The molecule has 1 aromatic heterocycles. The molecule has 0 spiro atoms. The number of nitrogens with one attached hydrogen (secondary N) is 1. The topological polar surface area (TPSA) is 24.9 Å². The number of likely N-dealkylation sites (N-methyl/N-ethyl adjacent to an activating group) is 1. The van der Waals surface area contributed by atoms with Crippen molar-refractivity contribution in [1.82, 2.24) is 10.3 Å². The van der Waals surface area contributed by atoms with Crippen molar-refractivity contribution in [2.24, 2.45) is 0 Å². The lowest BCUT2D eigenvalue weighted by Gasteiger charge is -2.19. The van der Waals surface area contributed by atoms with Crippen LogP contribution in [0.4, 0.5) is 8.78 Å². The fourth-order valence-electron chi connectivity index (χ4n) is 2.11. The summed E-state index contributed by atoms with van der Waals surface area (Å²) in [7, 11) is 0. The second-order valence-corrected chi connectivity index (χ2v) is 4.87. The zero-order valence-corrected chi connectivity index (χ0v) is 11.8. The van der Waals surface area contributed by atoms with E-state index in [0.717, 1.165) is 5.56 Å². The first-order valence-electron chi connectivity index (χ1n) is 6.38. The van der Waals surface area contributed by atoms with Gasteiger partial charge >= 0.3 is 0 Å². The highest BCUT2D eigenvalue weighted by Gasteiger charge is 2.16. The third-order valence-corrected chi connectivity index (χ3v) is 3.34. The zero-order valence-electron chi connectivity index (χ0n) is 11.0. The summed E-state index contributed by atoms with van der Waals surface area (Å²) in [5.41, 5.74) is 1.39. The molecule has 0 saturated heterocycles. The Morgan fingerprint density at radius 1 is 1.25 bits per heavy atom. The first kappa shape index (κ1) is 14.9. The SMILES string of the molecule is CCNC(Cc1ccc(F)c(Cl)c1)c1ccncc1F. The molecule has 0 aliphatic carbocycles. The van der Waals surface area contributed by atoms with Gasteiger partial charge in [0.05, 0.1) is 11.2 Å². The zero-order chi connectivity index (χ0) is 14.5. The van der Waals surface area contributed by atoms with Crippen molar-refractivity contribution in [3.63, 3.8) is 0 Å². The number of pyridine rings is 1. The van der Waals surface area contributed by atoms with Gasteiger partial charge in [-0.1, -0.05) is 24.6 Å². The summed E-state index contributed by atoms with van der Waals surface area (Å²) < 4.78 is 27.0. The monoisotopic (exact) mass is 296 g/mol. The summed E-state index contributed by atoms with van der Waals surface area (Å²) in [6.45, 7) is 2.64. The number of nitrogens with zero attached hydrogens (tertiary/aromatic N) is 1. The molecular formula is C15H15ClF2N2. The molecule has 20 heavy (non-hydrogen) atoms. The molecule has 2 rings (SSSR count). The van der Waals surface area contributed by atoms with E-state index in [-0.39, 0.29) is 16.9 Å². The lowest BCUT2D eigenvalue weighted by molar-refractivity contribution is 0.507. The van der Waals surface area contributed by atoms with E-state index < -0.39 is 5.82 Å². The predicted molar refractivity (Wildman–Crippen MR) is 75.7 cm³/mol. The number of benzene rings is 1. The fraction of sp³-hybridized carbons (Fsp3) is 0.267. The molecule has 0 radical (unpaired) electrons. The van der Waals surface area contributed by atoms with Crippen molar-refractivity contribution >= 4 is 11.6 Å². The third kappa shape index (κ3) is 3.52. The maximum atomic E-state index is 13.8. The third-order valence-electron chi connectivity index (χ3n) is 3.05. The van der Waals surface area contributed by atoms with Gasteiger partial charge in [0.15, 0.2) is 0 Å². The van der Waals surface area contributed by atoms with Crippen molar-refractivity contribution in [1.29, 1.82) is 0 Å². The van der Waals surface area contributed by atoms with Crippen LogP contribution in [-0.2, 0) is 6.42 Å². The molecule has 0 aliphatic heterocycles. The maximum absolute atomic E-state index is 13.8. The largest absolute Gasteiger partial charge is 0.310 e. The Morgan fingerprint density at radius 3 is 2.70 bits per heavy atom. The van der Waals surface area contributed by atoms with Crippen LogP contribution in [0.15, 0.2) is 36.7 Å². The Morgan fingerprint density at radius 2 is 2.05 bits per heavy atom. The average Bonchev–Trinajstić information content (AvgIpc) is 2.43. The van der Waals surface area contributed by atoms with Gasteiger partial charge in [-0.2, -0.15) is 0 Å². The molecule has 2 nitrogen and oxygen atoms in total. The van der Waals surface area contributed by atoms with Crippen molar-refractivity contribution in [3.8, 4) is 0 Å². The van der Waals surface area contributed by atoms with Crippen molar-refractivity contribution < 1.29 is 8.78 Å². The molecule has 2 aromatic rings. The Balaban J connectivity index is 2.25. The van der Waals surface area contributed by atoms with Crippen LogP contribution < -0.4 is 5.32 Å². The van der Waals surface area contributed by atoms with Gasteiger partial charge in [-0.05, 0) is 36.7 Å². The van der Waals surface area contributed by atoms with Gasteiger partial charge in [0.2, 0.25) is 0 Å². The number of hydrogen-bond acceptors (Lipinski definition) is 2. The van der Waals surface area contributed by atoms with Crippen LogP contribution in [0.1, 0.15) is 24.1 Å². The van der Waals surface area contributed by atoms with E-state index in [9.17, 15) is 8.78 Å². The lowest BCUT2D eigenvalue weighted by Crippen LogP contribution is -2.24. The number of rotatable bonds is 5. The van der Waals surface area contributed by atoms with E-state index in [0.29, 0.717) is 18.5 Å². The molecule has 5 heteroatoms. The van der Waals surface area contributed by atoms with Crippen LogP contribution in [0.3, 0.4) is 0 Å².